The molecule has 4 aromatic rings. The third kappa shape index (κ3) is 4.24. The van der Waals surface area contributed by atoms with Crippen LogP contribution < -0.4 is 5.32 Å². The molecule has 4 nitrogen and oxygen atoms in total. The van der Waals surface area contributed by atoms with Crippen molar-refractivity contribution < 1.29 is 13.2 Å². The summed E-state index contributed by atoms with van der Waals surface area (Å²) in [6.45, 7) is 2.13. The lowest BCUT2D eigenvalue weighted by Gasteiger charge is -2.31. The summed E-state index contributed by atoms with van der Waals surface area (Å²) in [7, 11) is 0. The van der Waals surface area contributed by atoms with E-state index in [1.54, 1.807) is 18.2 Å². The van der Waals surface area contributed by atoms with Gasteiger partial charge < -0.3 is 9.73 Å². The van der Waals surface area contributed by atoms with Gasteiger partial charge in [0.2, 0.25) is 0 Å². The minimum absolute atomic E-state index is 0.204. The second-order valence-electron chi connectivity index (χ2n) is 8.69. The van der Waals surface area contributed by atoms with Gasteiger partial charge in [0, 0.05) is 23.7 Å². The first-order valence-corrected chi connectivity index (χ1v) is 10.9. The molecule has 0 unspecified atom stereocenters. The highest BCUT2D eigenvalue weighted by Gasteiger charge is 2.25. The van der Waals surface area contributed by atoms with E-state index in [4.69, 9.17) is 4.42 Å². The Morgan fingerprint density at radius 3 is 2.61 bits per heavy atom. The van der Waals surface area contributed by atoms with E-state index in [1.165, 1.54) is 23.8 Å². The summed E-state index contributed by atoms with van der Waals surface area (Å²) >= 11 is 0. The van der Waals surface area contributed by atoms with Gasteiger partial charge in [0.15, 0.2) is 5.58 Å². The minimum Gasteiger partial charge on any atom is -0.424 e. The first kappa shape index (κ1) is 19.9. The highest BCUT2D eigenvalue weighted by Crippen LogP contribution is 2.40. The number of nitrogens with zero attached hydrogens (tertiary/aromatic N) is 2. The van der Waals surface area contributed by atoms with Gasteiger partial charge >= 0.3 is 0 Å². The highest BCUT2D eigenvalue weighted by molar-refractivity contribution is 5.82. The molecule has 2 aromatic heterocycles. The van der Waals surface area contributed by atoms with Gasteiger partial charge in [-0.25, -0.2) is 8.78 Å². The topological polar surface area (TPSA) is 51.0 Å². The van der Waals surface area contributed by atoms with Crippen molar-refractivity contribution in [3.63, 3.8) is 0 Å². The standard InChI is InChI=1S/C25H25F2N3O/c1-15(29-25-30-23-14-19(27)7-9-24(23)31-25)12-16-2-4-17(5-3-16)20-10-11-28-22-8-6-18(26)13-21(20)22/h6-11,13-17H,2-5,12H2,1H3,(H,29,30)/t15-,16?,17?/m1/s1. The first-order valence-electron chi connectivity index (χ1n) is 10.9. The third-order valence-corrected chi connectivity index (χ3v) is 6.43. The average molecular weight is 421 g/mol. The molecule has 5 rings (SSSR count). The minimum atomic E-state index is -0.318. The first-order chi connectivity index (χ1) is 15.0. The Morgan fingerprint density at radius 2 is 1.77 bits per heavy atom. The zero-order valence-electron chi connectivity index (χ0n) is 17.4. The smallest absolute Gasteiger partial charge is 0.295 e. The zero-order valence-corrected chi connectivity index (χ0v) is 17.4. The van der Waals surface area contributed by atoms with E-state index in [0.29, 0.717) is 29.0 Å². The molecular formula is C25H25F2N3O. The van der Waals surface area contributed by atoms with E-state index in [-0.39, 0.29) is 17.7 Å². The number of aromatic nitrogens is 2. The molecule has 160 valence electrons. The molecule has 0 spiro atoms. The summed E-state index contributed by atoms with van der Waals surface area (Å²) in [5.74, 6) is 0.531. The molecule has 0 aliphatic heterocycles. The molecule has 1 fully saturated rings. The number of halogens is 2. The predicted octanol–water partition coefficient (Wildman–Crippen LogP) is 6.82. The molecule has 1 atom stereocenters. The predicted molar refractivity (Wildman–Crippen MR) is 118 cm³/mol. The van der Waals surface area contributed by atoms with Crippen LogP contribution >= 0.6 is 0 Å². The van der Waals surface area contributed by atoms with E-state index in [2.05, 4.69) is 22.2 Å². The van der Waals surface area contributed by atoms with Gasteiger partial charge in [-0.05, 0) is 92.8 Å². The van der Waals surface area contributed by atoms with Gasteiger partial charge in [0.25, 0.3) is 6.01 Å². The number of oxazole rings is 1. The van der Waals surface area contributed by atoms with E-state index >= 15 is 0 Å². The number of fused-ring (bicyclic) bond motifs is 2. The Kier molecular flexibility index (Phi) is 5.30. The molecule has 0 radical (unpaired) electrons. The van der Waals surface area contributed by atoms with Gasteiger partial charge in [0.05, 0.1) is 5.52 Å². The number of hydrogen-bond donors (Lipinski definition) is 1. The van der Waals surface area contributed by atoms with Gasteiger partial charge in [-0.1, -0.05) is 0 Å². The molecule has 6 heteroatoms. The van der Waals surface area contributed by atoms with Crippen LogP contribution in [0, 0.1) is 17.6 Å². The second kappa shape index (κ2) is 8.25. The Bertz CT molecular complexity index is 1210. The Balaban J connectivity index is 1.20. The average Bonchev–Trinajstić information content (AvgIpc) is 3.15. The summed E-state index contributed by atoms with van der Waals surface area (Å²) in [4.78, 5) is 8.72. The fraction of sp³-hybridized carbons (Fsp3) is 0.360. The maximum atomic E-state index is 13.8. The molecule has 31 heavy (non-hydrogen) atoms. The van der Waals surface area contributed by atoms with Crippen molar-refractivity contribution in [2.45, 2.75) is 51.0 Å². The van der Waals surface area contributed by atoms with Gasteiger partial charge in [-0.3, -0.25) is 4.98 Å². The van der Waals surface area contributed by atoms with E-state index in [9.17, 15) is 8.78 Å². The lowest BCUT2D eigenvalue weighted by Crippen LogP contribution is -2.23. The van der Waals surface area contributed by atoms with Crippen LogP contribution in [-0.4, -0.2) is 16.0 Å². The molecular weight excluding hydrogens is 396 g/mol. The fourth-order valence-electron chi connectivity index (χ4n) is 4.94. The fourth-order valence-corrected chi connectivity index (χ4v) is 4.94. The maximum absolute atomic E-state index is 13.8. The van der Waals surface area contributed by atoms with Crippen LogP contribution in [-0.2, 0) is 0 Å². The van der Waals surface area contributed by atoms with Crippen LogP contribution in [0.25, 0.3) is 22.0 Å². The van der Waals surface area contributed by atoms with Crippen molar-refractivity contribution in [3.05, 3.63) is 65.9 Å². The van der Waals surface area contributed by atoms with Crippen LogP contribution in [0.4, 0.5) is 14.8 Å². The van der Waals surface area contributed by atoms with Gasteiger partial charge in [0.1, 0.15) is 17.2 Å². The van der Waals surface area contributed by atoms with Crippen molar-refractivity contribution in [2.24, 2.45) is 5.92 Å². The summed E-state index contributed by atoms with van der Waals surface area (Å²) in [5.41, 5.74) is 3.18. The van der Waals surface area contributed by atoms with Gasteiger partial charge in [-0.15, -0.1) is 0 Å². The van der Waals surface area contributed by atoms with Crippen molar-refractivity contribution in [1.29, 1.82) is 0 Å². The SMILES string of the molecule is C[C@H](CC1CCC(c2ccnc3ccc(F)cc23)CC1)Nc1nc2cc(F)ccc2o1. The Morgan fingerprint density at radius 1 is 1.00 bits per heavy atom. The molecule has 1 N–H and O–H groups in total. The van der Waals surface area contributed by atoms with Crippen molar-refractivity contribution in [2.75, 3.05) is 5.32 Å². The van der Waals surface area contributed by atoms with Crippen molar-refractivity contribution in [1.82, 2.24) is 9.97 Å². The summed E-state index contributed by atoms with van der Waals surface area (Å²) < 4.78 is 32.8. The lowest BCUT2D eigenvalue weighted by molar-refractivity contribution is 0.301. The summed E-state index contributed by atoms with van der Waals surface area (Å²) in [6, 6.07) is 11.9. The van der Waals surface area contributed by atoms with Gasteiger partial charge in [-0.2, -0.15) is 4.98 Å². The summed E-state index contributed by atoms with van der Waals surface area (Å²) in [5, 5.41) is 4.26. The number of rotatable bonds is 5. The van der Waals surface area contributed by atoms with Crippen LogP contribution in [0.3, 0.4) is 0 Å². The number of nitrogens with one attached hydrogen (secondary N) is 1. The van der Waals surface area contributed by atoms with Crippen LogP contribution in [0.1, 0.15) is 50.5 Å². The normalized spacial score (nSPS) is 20.2. The second-order valence-corrected chi connectivity index (χ2v) is 8.69. The number of hydrogen-bond acceptors (Lipinski definition) is 4. The van der Waals surface area contributed by atoms with E-state index in [1.807, 2.05) is 12.3 Å². The quantitative estimate of drug-likeness (QED) is 0.384. The van der Waals surface area contributed by atoms with Crippen molar-refractivity contribution in [3.8, 4) is 0 Å². The number of anilines is 1. The molecule has 0 saturated heterocycles. The molecule has 1 aliphatic rings. The molecule has 1 saturated carbocycles. The molecule has 2 heterocycles. The van der Waals surface area contributed by atoms with Crippen molar-refractivity contribution >= 4 is 28.0 Å². The highest BCUT2D eigenvalue weighted by atomic mass is 19.1. The van der Waals surface area contributed by atoms with E-state index < -0.39 is 0 Å². The maximum Gasteiger partial charge on any atom is 0.295 e. The van der Waals surface area contributed by atoms with Crippen LogP contribution in [0.2, 0.25) is 0 Å². The monoisotopic (exact) mass is 421 g/mol. The summed E-state index contributed by atoms with van der Waals surface area (Å²) in [6.07, 6.45) is 7.30. The molecule has 2 aromatic carbocycles. The Hall–Kier alpha value is -3.02. The van der Waals surface area contributed by atoms with Crippen LogP contribution in [0.15, 0.2) is 53.1 Å². The molecule has 1 aliphatic carbocycles. The lowest BCUT2D eigenvalue weighted by atomic mass is 9.76. The number of pyridine rings is 1. The molecule has 0 bridgehead atoms. The zero-order chi connectivity index (χ0) is 21.4. The van der Waals surface area contributed by atoms with E-state index in [0.717, 1.165) is 43.0 Å². The molecule has 0 amide bonds. The number of benzene rings is 2. The largest absolute Gasteiger partial charge is 0.424 e. The van der Waals surface area contributed by atoms with Crippen LogP contribution in [0.5, 0.6) is 0 Å². The third-order valence-electron chi connectivity index (χ3n) is 6.43. The Labute approximate surface area is 179 Å².